The van der Waals surface area contributed by atoms with Gasteiger partial charge in [-0.05, 0) is 66.0 Å². The van der Waals surface area contributed by atoms with Gasteiger partial charge in [0.1, 0.15) is 48.2 Å². The number of hydrogen-bond donors (Lipinski definition) is 1. The molecule has 2 aliphatic rings. The predicted molar refractivity (Wildman–Crippen MR) is 309 cm³/mol. The quantitative estimate of drug-likeness (QED) is 0.0492. The van der Waals surface area contributed by atoms with Crippen molar-refractivity contribution in [3.8, 4) is 39.1 Å². The Bertz CT molecular complexity index is 4010. The summed E-state index contributed by atoms with van der Waals surface area (Å²) in [5, 5.41) is 4.30. The second kappa shape index (κ2) is 24.7. The Morgan fingerprint density at radius 3 is 2.09 bits per heavy atom. The number of piperazine rings is 1. The number of benzene rings is 3. The minimum absolute atomic E-state index is 0.0838. The largest absolute Gasteiger partial charge is 0.497 e. The Morgan fingerprint density at radius 2 is 1.48 bits per heavy atom. The van der Waals surface area contributed by atoms with Crippen LogP contribution in [0, 0.1) is 12.9 Å². The van der Waals surface area contributed by atoms with Crippen LogP contribution in [0.5, 0.6) is 17.4 Å². The number of hydroxylamine groups is 1. The van der Waals surface area contributed by atoms with E-state index in [1.165, 1.54) is 55.0 Å². The van der Waals surface area contributed by atoms with Crippen LogP contribution in [0.4, 0.5) is 17.6 Å². The molecule has 0 radical (unpaired) electrons. The lowest BCUT2D eigenvalue weighted by atomic mass is 9.79. The van der Waals surface area contributed by atoms with Gasteiger partial charge in [0.15, 0.2) is 45.5 Å². The van der Waals surface area contributed by atoms with E-state index in [2.05, 4.69) is 37.4 Å². The number of rotatable bonds is 23. The zero-order valence-electron chi connectivity index (χ0n) is 46.5. The highest BCUT2D eigenvalue weighted by molar-refractivity contribution is 8.16. The number of para-hydroxylation sites is 1. The average Bonchev–Trinajstić information content (AvgIpc) is 1.40. The first-order valence-electron chi connectivity index (χ1n) is 25.8. The summed E-state index contributed by atoms with van der Waals surface area (Å²) in [7, 11) is -21.4. The molecule has 1 atom stereocenters. The highest BCUT2D eigenvalue weighted by Gasteiger charge is 2.83. The molecule has 34 heteroatoms. The number of carbonyl (C=O) groups excluding carboxylic acids is 1. The minimum atomic E-state index is -5.32. The van der Waals surface area contributed by atoms with E-state index in [1.807, 2.05) is 0 Å². The summed E-state index contributed by atoms with van der Waals surface area (Å²) in [4.78, 5) is 34.6. The maximum atomic E-state index is 14.7. The van der Waals surface area contributed by atoms with E-state index in [0.29, 0.717) is 75.9 Å². The van der Waals surface area contributed by atoms with Crippen molar-refractivity contribution < 1.29 is 88.8 Å². The Hall–Kier alpha value is -6.27. The molecule has 4 aromatic heterocycles. The SMILES string of the molecule is Cc1c(-c2c(-c3ccc(F)o3)sc3ncnc(O[C@H](Cc4ccccc4OCc4ccnn4CC(F)(F)F)C(=O)NOCc4ccc(B5OC(S(C)(=O)=O)(S(C)(=O)=O)C(S(C)(=O)=O)(S(C)(=O)=O)O5)cc4)c23)ccc(OCCN2CCN(C)CC2)c1Cl. The minimum Gasteiger partial charge on any atom is -0.491 e. The van der Waals surface area contributed by atoms with Gasteiger partial charge in [-0.2, -0.15) is 22.7 Å². The van der Waals surface area contributed by atoms with Crippen LogP contribution in [-0.2, 0) is 84.5 Å². The van der Waals surface area contributed by atoms with Crippen LogP contribution in [0.2, 0.25) is 5.02 Å². The normalized spacial score (nSPS) is 16.6. The van der Waals surface area contributed by atoms with E-state index in [4.69, 9.17) is 44.4 Å². The van der Waals surface area contributed by atoms with Crippen molar-refractivity contribution in [1.82, 2.24) is 35.0 Å². The molecule has 23 nitrogen and oxygen atoms in total. The summed E-state index contributed by atoms with van der Waals surface area (Å²) in [6.45, 7) is 4.21. The molecule has 2 aliphatic heterocycles. The standard InChI is InChI=1S/C52H55BClF4N7O16S5/c1-32-37(15-16-39(45(32)54)75-26-25-64-23-21-63(2)22-24-64)43-44-48(59-31-60-49(44)82-46(43)40-17-18-42(55)78-40)79-41(27-34-9-7-8-10-38(34)76-29-36-19-20-61-65(36)30-50(56,57)58)47(66)62-77-28-33-11-13-35(14-12-33)53-80-51(83(3,67)68,84(4,69)70)52(81-53,85(5,71)72)86(6,73)74/h7-20,31,41H,21-30H2,1-6H3,(H,62,66)/t41-/m1/s1. The smallest absolute Gasteiger partial charge is 0.491 e. The summed E-state index contributed by atoms with van der Waals surface area (Å²) in [6, 6.07) is 17.8. The first kappa shape index (κ1) is 64.2. The van der Waals surface area contributed by atoms with Gasteiger partial charge in [-0.3, -0.25) is 19.2 Å². The average molecular weight is 1320 g/mol. The molecule has 0 bridgehead atoms. The third-order valence-corrected chi connectivity index (χ3v) is 25.3. The number of aromatic nitrogens is 4. The number of likely N-dealkylation sites (N-methyl/N-ethyl adjacent to an activating group) is 1. The number of nitrogens with zero attached hydrogens (tertiary/aromatic N) is 6. The maximum absolute atomic E-state index is 14.7. The number of alkyl halides is 3. The second-order valence-electron chi connectivity index (χ2n) is 20.4. The van der Waals surface area contributed by atoms with Gasteiger partial charge in [-0.15, -0.1) is 11.3 Å². The number of amides is 1. The molecule has 1 N–H and O–H groups in total. The molecular formula is C52H55BClF4N7O16S5. The van der Waals surface area contributed by atoms with Crippen LogP contribution in [0.15, 0.2) is 95.8 Å². The molecular weight excluding hydrogens is 1260 g/mol. The van der Waals surface area contributed by atoms with E-state index in [0.717, 1.165) is 48.3 Å². The Balaban J connectivity index is 1.03. The van der Waals surface area contributed by atoms with Crippen molar-refractivity contribution in [2.75, 3.05) is 71.4 Å². The number of halogens is 5. The highest BCUT2D eigenvalue weighted by atomic mass is 35.5. The number of hydrogen-bond acceptors (Lipinski definition) is 22. The number of furan rings is 1. The first-order valence-corrected chi connectivity index (χ1v) is 34.5. The molecule has 3 aromatic carbocycles. The third kappa shape index (κ3) is 13.0. The topological polar surface area (TPSA) is 284 Å². The number of thiophene rings is 1. The predicted octanol–water partition coefficient (Wildman–Crippen LogP) is 5.15. The number of fused-ring (bicyclic) bond motifs is 1. The lowest BCUT2D eigenvalue weighted by Crippen LogP contribution is -2.67. The van der Waals surface area contributed by atoms with Gasteiger partial charge < -0.3 is 32.8 Å². The van der Waals surface area contributed by atoms with Crippen LogP contribution in [0.1, 0.15) is 22.4 Å². The Morgan fingerprint density at radius 1 is 0.826 bits per heavy atom. The summed E-state index contributed by atoms with van der Waals surface area (Å²) >= 11 is 8.18. The number of nitrogens with one attached hydrogen (secondary N) is 1. The van der Waals surface area contributed by atoms with E-state index >= 15 is 0 Å². The number of sulfone groups is 4. The van der Waals surface area contributed by atoms with E-state index < -0.39 is 92.4 Å². The molecule has 0 unspecified atom stereocenters. The summed E-state index contributed by atoms with van der Waals surface area (Å²) < 4.78 is 190. The van der Waals surface area contributed by atoms with Gasteiger partial charge in [0.25, 0.3) is 11.9 Å². The molecule has 0 aliphatic carbocycles. The van der Waals surface area contributed by atoms with Gasteiger partial charge in [-0.25, -0.2) is 49.1 Å². The number of ether oxygens (including phenoxy) is 3. The molecule has 9 rings (SSSR count). The first-order chi connectivity index (χ1) is 40.3. The maximum Gasteiger partial charge on any atom is 0.497 e. The van der Waals surface area contributed by atoms with E-state index in [9.17, 15) is 56.0 Å². The molecule has 86 heavy (non-hydrogen) atoms. The highest BCUT2D eigenvalue weighted by Crippen LogP contribution is 2.52. The van der Waals surface area contributed by atoms with Crippen molar-refractivity contribution in [2.45, 2.75) is 53.9 Å². The van der Waals surface area contributed by atoms with Crippen molar-refractivity contribution in [2.24, 2.45) is 0 Å². The van der Waals surface area contributed by atoms with Gasteiger partial charge >= 0.3 is 21.8 Å². The van der Waals surface area contributed by atoms with Crippen LogP contribution in [0.3, 0.4) is 0 Å². The summed E-state index contributed by atoms with van der Waals surface area (Å²) in [5.74, 6) is -0.426. The van der Waals surface area contributed by atoms with Gasteiger partial charge in [-0.1, -0.05) is 60.1 Å². The van der Waals surface area contributed by atoms with Gasteiger partial charge in [0.2, 0.25) is 5.88 Å². The van der Waals surface area contributed by atoms with Gasteiger partial charge in [0.05, 0.1) is 27.6 Å². The summed E-state index contributed by atoms with van der Waals surface area (Å²) in [6.07, 6.45) is -2.95. The zero-order chi connectivity index (χ0) is 62.4. The monoisotopic (exact) mass is 1320 g/mol. The van der Waals surface area contributed by atoms with Crippen molar-refractivity contribution in [1.29, 1.82) is 0 Å². The fraction of sp³-hybridized carbons (Fsp3) is 0.385. The molecule has 6 heterocycles. The lowest BCUT2D eigenvalue weighted by Gasteiger charge is -2.37. The Kier molecular flexibility index (Phi) is 18.5. The number of carbonyl (C=O) groups is 1. The van der Waals surface area contributed by atoms with E-state index in [-0.39, 0.29) is 57.5 Å². The summed E-state index contributed by atoms with van der Waals surface area (Å²) in [5.41, 5.74) is 4.22. The van der Waals surface area contributed by atoms with Crippen molar-refractivity contribution in [3.63, 3.8) is 0 Å². The molecule has 1 amide bonds. The van der Waals surface area contributed by atoms with Gasteiger partial charge in [0, 0.05) is 82.0 Å². The molecule has 7 aromatic rings. The zero-order valence-corrected chi connectivity index (χ0v) is 51.4. The van der Waals surface area contributed by atoms with Crippen LogP contribution >= 0.6 is 22.9 Å². The fourth-order valence-electron chi connectivity index (χ4n) is 9.97. The Labute approximate surface area is 501 Å². The van der Waals surface area contributed by atoms with E-state index in [1.54, 1.807) is 37.3 Å². The van der Waals surface area contributed by atoms with Crippen molar-refractivity contribution >= 4 is 91.0 Å². The van der Waals surface area contributed by atoms with Crippen molar-refractivity contribution in [3.05, 3.63) is 125 Å². The van der Waals surface area contributed by atoms with Crippen LogP contribution in [-0.4, -0.2) is 168 Å². The molecule has 2 saturated heterocycles. The van der Waals surface area contributed by atoms with Crippen LogP contribution < -0.4 is 25.2 Å². The van der Waals surface area contributed by atoms with Crippen LogP contribution in [0.25, 0.3) is 32.0 Å². The molecule has 462 valence electrons. The third-order valence-electron chi connectivity index (χ3n) is 14.1. The fourth-order valence-corrected chi connectivity index (χ4v) is 22.4. The molecule has 0 saturated carbocycles. The second-order valence-corrected chi connectivity index (χ2v) is 30.8. The lowest BCUT2D eigenvalue weighted by molar-refractivity contribution is -0.143. The molecule has 2 fully saturated rings. The molecule has 0 spiro atoms.